The highest BCUT2D eigenvalue weighted by Crippen LogP contribution is 2.49. The average Bonchev–Trinajstić information content (AvgIpc) is 3.03. The van der Waals surface area contributed by atoms with Gasteiger partial charge in [-0.25, -0.2) is 9.18 Å². The van der Waals surface area contributed by atoms with E-state index in [4.69, 9.17) is 5.11 Å². The molecule has 0 aromatic heterocycles. The fourth-order valence-electron chi connectivity index (χ4n) is 4.02. The number of nitrogens with one attached hydrogen (secondary N) is 1. The van der Waals surface area contributed by atoms with Gasteiger partial charge in [0.25, 0.3) is 0 Å². The van der Waals surface area contributed by atoms with Gasteiger partial charge in [-0.1, -0.05) is 6.42 Å². The van der Waals surface area contributed by atoms with E-state index >= 15 is 0 Å². The second-order valence-corrected chi connectivity index (χ2v) is 6.27. The van der Waals surface area contributed by atoms with E-state index in [2.05, 4.69) is 12.2 Å². The zero-order valence-electron chi connectivity index (χ0n) is 11.6. The van der Waals surface area contributed by atoms with Crippen LogP contribution in [0.25, 0.3) is 0 Å². The molecular formula is C16H20FNO2. The molecule has 2 N–H and O–H groups in total. The highest BCUT2D eigenvalue weighted by atomic mass is 19.1. The summed E-state index contributed by atoms with van der Waals surface area (Å²) in [5.74, 6) is 0.682. The van der Waals surface area contributed by atoms with Gasteiger partial charge in [0, 0.05) is 6.04 Å². The first-order valence-corrected chi connectivity index (χ1v) is 7.34. The summed E-state index contributed by atoms with van der Waals surface area (Å²) in [6.07, 6.45) is 5.24. The molecule has 1 aromatic carbocycles. The summed E-state index contributed by atoms with van der Waals surface area (Å²) in [6.45, 7) is 2.11. The standard InChI is InChI=1S/C16H20FNO2/c1-9(13-7-10-2-3-11(13)6-10)18-15-5-4-12(16(19)20)8-14(15)17/h4-5,8-11,13,18H,2-3,6-7H2,1H3,(H,19,20). The van der Waals surface area contributed by atoms with Crippen LogP contribution < -0.4 is 5.32 Å². The minimum atomic E-state index is -1.10. The third kappa shape index (κ3) is 2.39. The van der Waals surface area contributed by atoms with E-state index in [1.54, 1.807) is 0 Å². The van der Waals surface area contributed by atoms with Crippen molar-refractivity contribution in [2.45, 2.75) is 38.6 Å². The monoisotopic (exact) mass is 277 g/mol. The Kier molecular flexibility index (Phi) is 3.40. The summed E-state index contributed by atoms with van der Waals surface area (Å²) in [4.78, 5) is 10.8. The molecule has 2 aliphatic carbocycles. The number of carbonyl (C=O) groups is 1. The number of aromatic carboxylic acids is 1. The lowest BCUT2D eigenvalue weighted by Gasteiger charge is -2.29. The second-order valence-electron chi connectivity index (χ2n) is 6.27. The van der Waals surface area contributed by atoms with Crippen LogP contribution in [-0.2, 0) is 0 Å². The largest absolute Gasteiger partial charge is 0.478 e. The number of benzene rings is 1. The molecule has 0 aliphatic heterocycles. The number of halogens is 1. The molecule has 3 rings (SSSR count). The Morgan fingerprint density at radius 3 is 2.75 bits per heavy atom. The van der Waals surface area contributed by atoms with Gasteiger partial charge in [-0.05, 0) is 62.1 Å². The van der Waals surface area contributed by atoms with Crippen LogP contribution >= 0.6 is 0 Å². The predicted octanol–water partition coefficient (Wildman–Crippen LogP) is 3.76. The van der Waals surface area contributed by atoms with Gasteiger partial charge < -0.3 is 10.4 Å². The first-order valence-electron chi connectivity index (χ1n) is 7.34. The van der Waals surface area contributed by atoms with Gasteiger partial charge in [0.15, 0.2) is 0 Å². The number of rotatable bonds is 4. The van der Waals surface area contributed by atoms with E-state index in [0.717, 1.165) is 17.9 Å². The molecule has 0 saturated heterocycles. The molecule has 0 spiro atoms. The van der Waals surface area contributed by atoms with Gasteiger partial charge in [0.2, 0.25) is 0 Å². The van der Waals surface area contributed by atoms with Gasteiger partial charge in [0.05, 0.1) is 11.3 Å². The minimum absolute atomic E-state index is 0.0133. The SMILES string of the molecule is CC(Nc1ccc(C(=O)O)cc1F)C1CC2CCC1C2. The van der Waals surface area contributed by atoms with Crippen LogP contribution in [0.1, 0.15) is 43.0 Å². The maximum absolute atomic E-state index is 13.9. The molecule has 2 saturated carbocycles. The lowest BCUT2D eigenvalue weighted by molar-refractivity contribution is 0.0696. The number of carboxylic acids is 1. The molecule has 2 aliphatic rings. The Morgan fingerprint density at radius 2 is 2.20 bits per heavy atom. The molecule has 0 heterocycles. The first kappa shape index (κ1) is 13.4. The maximum Gasteiger partial charge on any atom is 0.335 e. The van der Waals surface area contributed by atoms with Gasteiger partial charge in [-0.15, -0.1) is 0 Å². The quantitative estimate of drug-likeness (QED) is 0.881. The van der Waals surface area contributed by atoms with Crippen LogP contribution in [0.5, 0.6) is 0 Å². The first-order chi connectivity index (χ1) is 9.54. The van der Waals surface area contributed by atoms with E-state index in [1.807, 2.05) is 0 Å². The topological polar surface area (TPSA) is 49.3 Å². The van der Waals surface area contributed by atoms with Crippen molar-refractivity contribution in [2.24, 2.45) is 17.8 Å². The van der Waals surface area contributed by atoms with Gasteiger partial charge in [0.1, 0.15) is 5.82 Å². The average molecular weight is 277 g/mol. The normalized spacial score (nSPS) is 29.4. The van der Waals surface area contributed by atoms with E-state index in [-0.39, 0.29) is 11.6 Å². The molecule has 0 amide bonds. The third-order valence-electron chi connectivity index (χ3n) is 5.03. The summed E-state index contributed by atoms with van der Waals surface area (Å²) in [7, 11) is 0. The number of fused-ring (bicyclic) bond motifs is 2. The fraction of sp³-hybridized carbons (Fsp3) is 0.562. The molecule has 4 unspecified atom stereocenters. The molecule has 108 valence electrons. The Bertz CT molecular complexity index is 531. The lowest BCUT2D eigenvalue weighted by Crippen LogP contribution is -2.30. The van der Waals surface area contributed by atoms with Crippen molar-refractivity contribution in [3.63, 3.8) is 0 Å². The molecule has 2 bridgehead atoms. The highest BCUT2D eigenvalue weighted by molar-refractivity contribution is 5.88. The van der Waals surface area contributed by atoms with Crippen molar-refractivity contribution in [3.05, 3.63) is 29.6 Å². The van der Waals surface area contributed by atoms with Gasteiger partial charge in [-0.2, -0.15) is 0 Å². The maximum atomic E-state index is 13.9. The van der Waals surface area contributed by atoms with E-state index in [1.165, 1.54) is 37.8 Å². The summed E-state index contributed by atoms with van der Waals surface area (Å²) in [6, 6.07) is 4.29. The molecule has 4 heteroatoms. The Hall–Kier alpha value is -1.58. The molecule has 2 fully saturated rings. The number of hydrogen-bond donors (Lipinski definition) is 2. The van der Waals surface area contributed by atoms with Crippen molar-refractivity contribution in [3.8, 4) is 0 Å². The van der Waals surface area contributed by atoms with Crippen LogP contribution in [0, 0.1) is 23.6 Å². The fourth-order valence-corrected chi connectivity index (χ4v) is 4.02. The second kappa shape index (κ2) is 5.08. The van der Waals surface area contributed by atoms with Crippen LogP contribution in [-0.4, -0.2) is 17.1 Å². The number of carboxylic acid groups (broad SMARTS) is 1. The summed E-state index contributed by atoms with van der Waals surface area (Å²) in [5, 5.41) is 12.1. The van der Waals surface area contributed by atoms with Crippen molar-refractivity contribution in [1.82, 2.24) is 0 Å². The highest BCUT2D eigenvalue weighted by Gasteiger charge is 2.41. The summed E-state index contributed by atoms with van der Waals surface area (Å²) in [5.41, 5.74) is 0.394. The molecule has 4 atom stereocenters. The van der Waals surface area contributed by atoms with E-state index < -0.39 is 11.8 Å². The van der Waals surface area contributed by atoms with E-state index in [9.17, 15) is 9.18 Å². The van der Waals surface area contributed by atoms with Crippen LogP contribution in [0.2, 0.25) is 0 Å². The zero-order chi connectivity index (χ0) is 14.3. The molecule has 20 heavy (non-hydrogen) atoms. The van der Waals surface area contributed by atoms with Gasteiger partial charge >= 0.3 is 5.97 Å². The van der Waals surface area contributed by atoms with Crippen molar-refractivity contribution >= 4 is 11.7 Å². The Morgan fingerprint density at radius 1 is 1.40 bits per heavy atom. The van der Waals surface area contributed by atoms with Crippen molar-refractivity contribution in [2.75, 3.05) is 5.32 Å². The number of hydrogen-bond acceptors (Lipinski definition) is 2. The minimum Gasteiger partial charge on any atom is -0.478 e. The number of anilines is 1. The lowest BCUT2D eigenvalue weighted by atomic mass is 9.84. The van der Waals surface area contributed by atoms with E-state index in [0.29, 0.717) is 11.6 Å². The summed E-state index contributed by atoms with van der Waals surface area (Å²) < 4.78 is 13.9. The van der Waals surface area contributed by atoms with Crippen molar-refractivity contribution in [1.29, 1.82) is 0 Å². The Labute approximate surface area is 118 Å². The molecular weight excluding hydrogens is 257 g/mol. The smallest absolute Gasteiger partial charge is 0.335 e. The zero-order valence-corrected chi connectivity index (χ0v) is 11.6. The van der Waals surface area contributed by atoms with Crippen LogP contribution in [0.4, 0.5) is 10.1 Å². The molecule has 3 nitrogen and oxygen atoms in total. The summed E-state index contributed by atoms with van der Waals surface area (Å²) >= 11 is 0. The van der Waals surface area contributed by atoms with Gasteiger partial charge in [-0.3, -0.25) is 0 Å². The predicted molar refractivity (Wildman–Crippen MR) is 75.4 cm³/mol. The van der Waals surface area contributed by atoms with Crippen LogP contribution in [0.3, 0.4) is 0 Å². The molecule has 1 aromatic rings. The Balaban J connectivity index is 1.70. The third-order valence-corrected chi connectivity index (χ3v) is 5.03. The van der Waals surface area contributed by atoms with Crippen molar-refractivity contribution < 1.29 is 14.3 Å². The molecule has 0 radical (unpaired) electrons. The van der Waals surface area contributed by atoms with Crippen LogP contribution in [0.15, 0.2) is 18.2 Å².